The second kappa shape index (κ2) is 9.97. The van der Waals surface area contributed by atoms with Crippen molar-refractivity contribution in [3.63, 3.8) is 0 Å². The lowest BCUT2D eigenvalue weighted by atomic mass is 9.94. The number of nitrogens with two attached hydrogens (primary N) is 1. The molecule has 2 heteroatoms. The lowest BCUT2D eigenvalue weighted by Gasteiger charge is -2.36. The largest absolute Gasteiger partial charge is 0.326 e. The van der Waals surface area contributed by atoms with Crippen LogP contribution in [0.5, 0.6) is 0 Å². The highest BCUT2D eigenvalue weighted by atomic mass is 15.2. The summed E-state index contributed by atoms with van der Waals surface area (Å²) in [5.41, 5.74) is 9.21. The number of unbranched alkanes of at least 4 members (excludes halogenated alkanes) is 2. The average Bonchev–Trinajstić information content (AvgIpc) is 2.49. The number of rotatable bonds is 10. The van der Waals surface area contributed by atoms with Crippen LogP contribution in [0.2, 0.25) is 0 Å². The van der Waals surface area contributed by atoms with Crippen LogP contribution >= 0.6 is 0 Å². The molecule has 2 N–H and O–H groups in total. The van der Waals surface area contributed by atoms with Crippen LogP contribution in [0, 0.1) is 6.92 Å². The molecule has 0 saturated heterocycles. The van der Waals surface area contributed by atoms with Crippen LogP contribution in [-0.2, 0) is 0 Å². The first-order valence-corrected chi connectivity index (χ1v) is 8.70. The van der Waals surface area contributed by atoms with Crippen LogP contribution in [0.25, 0.3) is 0 Å². The summed E-state index contributed by atoms with van der Waals surface area (Å²) in [5.74, 6) is 0. The Morgan fingerprint density at radius 3 is 2.14 bits per heavy atom. The maximum absolute atomic E-state index is 6.50. The molecule has 1 aromatic carbocycles. The summed E-state index contributed by atoms with van der Waals surface area (Å²) in [4.78, 5) is 2.62. The van der Waals surface area contributed by atoms with Crippen LogP contribution in [0.15, 0.2) is 24.3 Å². The Morgan fingerprint density at radius 2 is 1.67 bits per heavy atom. The van der Waals surface area contributed by atoms with E-state index in [0.29, 0.717) is 6.04 Å². The molecule has 0 saturated carbocycles. The molecular formula is C19H34N2. The third-order valence-corrected chi connectivity index (χ3v) is 4.25. The van der Waals surface area contributed by atoms with Crippen LogP contribution in [0.4, 0.5) is 0 Å². The molecule has 0 aliphatic rings. The first-order valence-electron chi connectivity index (χ1n) is 8.70. The zero-order chi connectivity index (χ0) is 15.7. The fourth-order valence-corrected chi connectivity index (χ4v) is 2.92. The molecule has 0 aliphatic carbocycles. The van der Waals surface area contributed by atoms with Gasteiger partial charge in [0.05, 0.1) is 0 Å². The highest BCUT2D eigenvalue weighted by Gasteiger charge is 2.25. The maximum atomic E-state index is 6.50. The van der Waals surface area contributed by atoms with Gasteiger partial charge < -0.3 is 5.73 Å². The Hall–Kier alpha value is -0.860. The van der Waals surface area contributed by atoms with Gasteiger partial charge in [-0.05, 0) is 44.8 Å². The number of hydrogen-bond acceptors (Lipinski definition) is 2. The van der Waals surface area contributed by atoms with Gasteiger partial charge in [-0.3, -0.25) is 4.90 Å². The molecule has 0 aliphatic heterocycles. The fraction of sp³-hybridized carbons (Fsp3) is 0.684. The van der Waals surface area contributed by atoms with Gasteiger partial charge >= 0.3 is 0 Å². The van der Waals surface area contributed by atoms with Crippen molar-refractivity contribution >= 4 is 0 Å². The maximum Gasteiger partial charge on any atom is 0.0499 e. The molecule has 1 aromatic rings. The molecule has 0 aromatic heterocycles. The smallest absolute Gasteiger partial charge is 0.0499 e. The standard InChI is InChI=1S/C19H34N2/c1-5-8-13-21(14-9-6-2)19(18(20)7-3)17-12-10-11-16(4)15-17/h10-12,15,18-19H,5-9,13-14,20H2,1-4H3. The highest BCUT2D eigenvalue weighted by Crippen LogP contribution is 2.26. The summed E-state index contributed by atoms with van der Waals surface area (Å²) in [6, 6.07) is 9.45. The SMILES string of the molecule is CCCCN(CCCC)C(c1cccc(C)c1)C(N)CC. The zero-order valence-electron chi connectivity index (χ0n) is 14.4. The molecule has 0 amide bonds. The predicted octanol–water partition coefficient (Wildman–Crippen LogP) is 4.68. The Kier molecular flexibility index (Phi) is 8.63. The van der Waals surface area contributed by atoms with E-state index in [1.54, 1.807) is 0 Å². The zero-order valence-corrected chi connectivity index (χ0v) is 14.4. The molecule has 0 fully saturated rings. The van der Waals surface area contributed by atoms with Gasteiger partial charge in [0, 0.05) is 12.1 Å². The van der Waals surface area contributed by atoms with Gasteiger partial charge in [0.2, 0.25) is 0 Å². The van der Waals surface area contributed by atoms with Crippen LogP contribution in [0.1, 0.15) is 70.0 Å². The van der Waals surface area contributed by atoms with Crippen molar-refractivity contribution in [2.24, 2.45) is 5.73 Å². The Bertz CT molecular complexity index is 381. The van der Waals surface area contributed by atoms with Crippen molar-refractivity contribution in [1.29, 1.82) is 0 Å². The summed E-state index contributed by atoms with van der Waals surface area (Å²) < 4.78 is 0. The van der Waals surface area contributed by atoms with Crippen molar-refractivity contribution in [2.45, 2.75) is 71.9 Å². The predicted molar refractivity (Wildman–Crippen MR) is 93.6 cm³/mol. The van der Waals surface area contributed by atoms with Gasteiger partial charge in [-0.15, -0.1) is 0 Å². The van der Waals surface area contributed by atoms with E-state index in [0.717, 1.165) is 19.5 Å². The van der Waals surface area contributed by atoms with Gasteiger partial charge in [0.15, 0.2) is 0 Å². The van der Waals surface area contributed by atoms with E-state index in [-0.39, 0.29) is 6.04 Å². The van der Waals surface area contributed by atoms with Crippen molar-refractivity contribution < 1.29 is 0 Å². The van der Waals surface area contributed by atoms with E-state index in [1.165, 1.54) is 36.8 Å². The van der Waals surface area contributed by atoms with Crippen molar-refractivity contribution in [2.75, 3.05) is 13.1 Å². The molecule has 0 heterocycles. The monoisotopic (exact) mass is 290 g/mol. The minimum atomic E-state index is 0.209. The van der Waals surface area contributed by atoms with Crippen LogP contribution in [0.3, 0.4) is 0 Å². The molecule has 2 atom stereocenters. The summed E-state index contributed by atoms with van der Waals surface area (Å²) in [7, 11) is 0. The summed E-state index contributed by atoms with van der Waals surface area (Å²) in [6.45, 7) is 11.2. The van der Waals surface area contributed by atoms with Gasteiger partial charge in [0.1, 0.15) is 0 Å². The minimum Gasteiger partial charge on any atom is -0.326 e. The quantitative estimate of drug-likeness (QED) is 0.678. The second-order valence-corrected chi connectivity index (χ2v) is 6.17. The molecule has 1 rings (SSSR count). The van der Waals surface area contributed by atoms with Gasteiger partial charge in [-0.25, -0.2) is 0 Å². The highest BCUT2D eigenvalue weighted by molar-refractivity contribution is 5.26. The molecule has 0 radical (unpaired) electrons. The number of nitrogens with zero attached hydrogens (tertiary/aromatic N) is 1. The fourth-order valence-electron chi connectivity index (χ4n) is 2.92. The number of aryl methyl sites for hydroxylation is 1. The minimum absolute atomic E-state index is 0.209. The molecule has 0 bridgehead atoms. The third-order valence-electron chi connectivity index (χ3n) is 4.25. The summed E-state index contributed by atoms with van der Waals surface area (Å²) in [5, 5.41) is 0. The Morgan fingerprint density at radius 1 is 1.05 bits per heavy atom. The van der Waals surface area contributed by atoms with E-state index in [2.05, 4.69) is 56.9 Å². The molecule has 2 unspecified atom stereocenters. The number of hydrogen-bond donors (Lipinski definition) is 1. The lowest BCUT2D eigenvalue weighted by Crippen LogP contribution is -2.42. The second-order valence-electron chi connectivity index (χ2n) is 6.17. The summed E-state index contributed by atoms with van der Waals surface area (Å²) in [6.07, 6.45) is 6.01. The first kappa shape index (κ1) is 18.2. The van der Waals surface area contributed by atoms with Gasteiger partial charge in [-0.1, -0.05) is 63.4 Å². The van der Waals surface area contributed by atoms with Crippen molar-refractivity contribution in [1.82, 2.24) is 4.90 Å². The Balaban J connectivity index is 3.00. The average molecular weight is 290 g/mol. The van der Waals surface area contributed by atoms with Crippen LogP contribution in [-0.4, -0.2) is 24.0 Å². The first-order chi connectivity index (χ1) is 10.1. The third kappa shape index (κ3) is 5.80. The van der Waals surface area contributed by atoms with E-state index < -0.39 is 0 Å². The normalized spacial score (nSPS) is 14.4. The Labute approximate surface area is 131 Å². The number of benzene rings is 1. The van der Waals surface area contributed by atoms with E-state index in [4.69, 9.17) is 5.73 Å². The summed E-state index contributed by atoms with van der Waals surface area (Å²) >= 11 is 0. The van der Waals surface area contributed by atoms with E-state index in [1.807, 2.05) is 0 Å². The molecule has 0 spiro atoms. The molecule has 21 heavy (non-hydrogen) atoms. The van der Waals surface area contributed by atoms with Crippen molar-refractivity contribution in [3.8, 4) is 0 Å². The van der Waals surface area contributed by atoms with E-state index >= 15 is 0 Å². The van der Waals surface area contributed by atoms with Crippen LogP contribution < -0.4 is 5.73 Å². The lowest BCUT2D eigenvalue weighted by molar-refractivity contribution is 0.164. The van der Waals surface area contributed by atoms with Gasteiger partial charge in [-0.2, -0.15) is 0 Å². The topological polar surface area (TPSA) is 29.3 Å². The molecule has 2 nitrogen and oxygen atoms in total. The van der Waals surface area contributed by atoms with Crippen molar-refractivity contribution in [3.05, 3.63) is 35.4 Å². The van der Waals surface area contributed by atoms with Gasteiger partial charge in [0.25, 0.3) is 0 Å². The molecule has 120 valence electrons. The molecular weight excluding hydrogens is 256 g/mol. The van der Waals surface area contributed by atoms with E-state index in [9.17, 15) is 0 Å².